The maximum Gasteiger partial charge on any atom is 0.328 e. The highest BCUT2D eigenvalue weighted by molar-refractivity contribution is 5.79. The van der Waals surface area contributed by atoms with Crippen LogP contribution in [0.25, 0.3) is 0 Å². The summed E-state index contributed by atoms with van der Waals surface area (Å²) in [6.45, 7) is 2.73. The van der Waals surface area contributed by atoms with Crippen LogP contribution >= 0.6 is 0 Å². The summed E-state index contributed by atoms with van der Waals surface area (Å²) in [7, 11) is 0. The molecule has 1 fully saturated rings. The van der Waals surface area contributed by atoms with E-state index < -0.39 is 5.97 Å². The lowest BCUT2D eigenvalue weighted by Crippen LogP contribution is -2.21. The number of aliphatic hydroxyl groups excluding tert-OH is 1. The van der Waals surface area contributed by atoms with Gasteiger partial charge < -0.3 is 10.2 Å². The summed E-state index contributed by atoms with van der Waals surface area (Å²) in [5.74, 6) is -0.531. The zero-order valence-electron chi connectivity index (χ0n) is 7.52. The number of hydrogen-bond acceptors (Lipinski definition) is 3. The summed E-state index contributed by atoms with van der Waals surface area (Å²) >= 11 is 0. The lowest BCUT2D eigenvalue weighted by atomic mass is 10.1. The molecule has 13 heavy (non-hydrogen) atoms. The van der Waals surface area contributed by atoms with Crippen molar-refractivity contribution in [2.24, 2.45) is 5.92 Å². The summed E-state index contributed by atoms with van der Waals surface area (Å²) in [5, 5.41) is 17.2. The Balaban J connectivity index is 2.20. The van der Waals surface area contributed by atoms with Gasteiger partial charge in [-0.2, -0.15) is 0 Å². The van der Waals surface area contributed by atoms with Crippen LogP contribution in [0.15, 0.2) is 12.2 Å². The van der Waals surface area contributed by atoms with Gasteiger partial charge in [-0.15, -0.1) is 0 Å². The number of nitrogens with zero attached hydrogens (tertiary/aromatic N) is 1. The average molecular weight is 185 g/mol. The molecule has 0 aromatic carbocycles. The first-order valence-electron chi connectivity index (χ1n) is 4.45. The minimum Gasteiger partial charge on any atom is -0.478 e. The van der Waals surface area contributed by atoms with E-state index in [1.165, 1.54) is 0 Å². The summed E-state index contributed by atoms with van der Waals surface area (Å²) in [6.07, 6.45) is 3.81. The molecule has 0 aromatic rings. The molecule has 0 saturated carbocycles. The minimum atomic E-state index is -0.905. The second kappa shape index (κ2) is 4.99. The Morgan fingerprint density at radius 1 is 1.62 bits per heavy atom. The molecule has 4 nitrogen and oxygen atoms in total. The number of aliphatic carboxylic acids is 1. The van der Waals surface area contributed by atoms with Crippen molar-refractivity contribution in [2.45, 2.75) is 6.42 Å². The predicted molar refractivity (Wildman–Crippen MR) is 48.4 cm³/mol. The Kier molecular flexibility index (Phi) is 3.92. The second-order valence-electron chi connectivity index (χ2n) is 3.34. The Bertz CT molecular complexity index is 203. The van der Waals surface area contributed by atoms with Crippen molar-refractivity contribution < 1.29 is 15.0 Å². The van der Waals surface area contributed by atoms with E-state index in [0.717, 1.165) is 25.6 Å². The molecule has 1 saturated heterocycles. The first kappa shape index (κ1) is 10.2. The fraction of sp³-hybridized carbons (Fsp3) is 0.667. The van der Waals surface area contributed by atoms with E-state index in [1.807, 2.05) is 0 Å². The molecule has 0 bridgehead atoms. The van der Waals surface area contributed by atoms with Crippen LogP contribution in [-0.2, 0) is 4.79 Å². The van der Waals surface area contributed by atoms with Gasteiger partial charge in [0.05, 0.1) is 0 Å². The number of aliphatic hydroxyl groups is 1. The molecule has 0 aliphatic carbocycles. The maximum absolute atomic E-state index is 10.1. The van der Waals surface area contributed by atoms with Crippen molar-refractivity contribution in [3.05, 3.63) is 12.2 Å². The highest BCUT2D eigenvalue weighted by Gasteiger charge is 2.20. The number of hydrogen-bond donors (Lipinski definition) is 2. The molecule has 1 atom stereocenters. The summed E-state index contributed by atoms with van der Waals surface area (Å²) in [4.78, 5) is 12.3. The van der Waals surface area contributed by atoms with E-state index in [-0.39, 0.29) is 6.61 Å². The van der Waals surface area contributed by atoms with Crippen molar-refractivity contribution >= 4 is 5.97 Å². The molecule has 74 valence electrons. The van der Waals surface area contributed by atoms with Gasteiger partial charge in [-0.25, -0.2) is 4.79 Å². The lowest BCUT2D eigenvalue weighted by molar-refractivity contribution is -0.131. The molecular weight excluding hydrogens is 170 g/mol. The van der Waals surface area contributed by atoms with Crippen LogP contribution < -0.4 is 0 Å². The predicted octanol–water partition coefficient (Wildman–Crippen LogP) is -0.0586. The topological polar surface area (TPSA) is 60.8 Å². The SMILES string of the molecule is O=C(O)/C=C/CN1CCC(CO)C1. The normalized spacial score (nSPS) is 24.2. The van der Waals surface area contributed by atoms with Crippen molar-refractivity contribution in [3.8, 4) is 0 Å². The maximum atomic E-state index is 10.1. The molecule has 1 heterocycles. The number of carbonyl (C=O) groups is 1. The van der Waals surface area contributed by atoms with Crippen LogP contribution in [0.4, 0.5) is 0 Å². The molecule has 2 N–H and O–H groups in total. The van der Waals surface area contributed by atoms with Gasteiger partial charge in [-0.3, -0.25) is 4.90 Å². The molecule has 1 rings (SSSR count). The molecule has 0 amide bonds. The number of rotatable bonds is 4. The zero-order chi connectivity index (χ0) is 9.68. The Morgan fingerprint density at radius 3 is 2.92 bits per heavy atom. The molecule has 0 spiro atoms. The first-order valence-corrected chi connectivity index (χ1v) is 4.45. The minimum absolute atomic E-state index is 0.235. The fourth-order valence-electron chi connectivity index (χ4n) is 1.53. The van der Waals surface area contributed by atoms with E-state index in [4.69, 9.17) is 10.2 Å². The number of likely N-dealkylation sites (tertiary alicyclic amines) is 1. The molecule has 4 heteroatoms. The van der Waals surface area contributed by atoms with E-state index in [0.29, 0.717) is 12.5 Å². The third-order valence-electron chi connectivity index (χ3n) is 2.25. The largest absolute Gasteiger partial charge is 0.478 e. The smallest absolute Gasteiger partial charge is 0.328 e. The van der Waals surface area contributed by atoms with Gasteiger partial charge in [0.1, 0.15) is 0 Å². The fourth-order valence-corrected chi connectivity index (χ4v) is 1.53. The summed E-state index contributed by atoms with van der Waals surface area (Å²) in [5.41, 5.74) is 0. The number of carboxylic acid groups (broad SMARTS) is 1. The highest BCUT2D eigenvalue weighted by Crippen LogP contribution is 2.14. The van der Waals surface area contributed by atoms with Gasteiger partial charge in [-0.1, -0.05) is 6.08 Å². The zero-order valence-corrected chi connectivity index (χ0v) is 7.52. The van der Waals surface area contributed by atoms with Crippen molar-refractivity contribution in [2.75, 3.05) is 26.2 Å². The van der Waals surface area contributed by atoms with Gasteiger partial charge in [0.2, 0.25) is 0 Å². The molecule has 1 unspecified atom stereocenters. The third kappa shape index (κ3) is 3.57. The van der Waals surface area contributed by atoms with Crippen LogP contribution in [0.5, 0.6) is 0 Å². The van der Waals surface area contributed by atoms with E-state index in [9.17, 15) is 4.79 Å². The molecular formula is C9H15NO3. The van der Waals surface area contributed by atoms with E-state index in [1.54, 1.807) is 6.08 Å². The molecule has 1 aliphatic heterocycles. The second-order valence-corrected chi connectivity index (χ2v) is 3.34. The van der Waals surface area contributed by atoms with Gasteiger partial charge in [0.25, 0.3) is 0 Å². The summed E-state index contributed by atoms with van der Waals surface area (Å²) in [6, 6.07) is 0. The van der Waals surface area contributed by atoms with E-state index in [2.05, 4.69) is 4.90 Å². The lowest BCUT2D eigenvalue weighted by Gasteiger charge is -2.11. The van der Waals surface area contributed by atoms with Crippen LogP contribution in [0, 0.1) is 5.92 Å². The van der Waals surface area contributed by atoms with E-state index >= 15 is 0 Å². The number of carboxylic acids is 1. The van der Waals surface area contributed by atoms with Crippen molar-refractivity contribution in [1.82, 2.24) is 4.90 Å². The standard InChI is InChI=1S/C9H15NO3/c11-7-8-3-5-10(6-8)4-1-2-9(12)13/h1-2,8,11H,3-7H2,(H,12,13)/b2-1+. The molecule has 0 radical (unpaired) electrons. The Hall–Kier alpha value is -0.870. The summed E-state index contributed by atoms with van der Waals surface area (Å²) < 4.78 is 0. The van der Waals surface area contributed by atoms with Crippen LogP contribution in [-0.4, -0.2) is 47.3 Å². The highest BCUT2D eigenvalue weighted by atomic mass is 16.4. The molecule has 1 aliphatic rings. The third-order valence-corrected chi connectivity index (χ3v) is 2.25. The van der Waals surface area contributed by atoms with Gasteiger partial charge in [0, 0.05) is 25.8 Å². The van der Waals surface area contributed by atoms with Crippen LogP contribution in [0.1, 0.15) is 6.42 Å². The van der Waals surface area contributed by atoms with Gasteiger partial charge in [0.15, 0.2) is 0 Å². The Labute approximate surface area is 77.5 Å². The van der Waals surface area contributed by atoms with Crippen molar-refractivity contribution in [1.29, 1.82) is 0 Å². The van der Waals surface area contributed by atoms with Crippen LogP contribution in [0.3, 0.4) is 0 Å². The van der Waals surface area contributed by atoms with Crippen LogP contribution in [0.2, 0.25) is 0 Å². The Morgan fingerprint density at radius 2 is 2.38 bits per heavy atom. The van der Waals surface area contributed by atoms with Gasteiger partial charge >= 0.3 is 5.97 Å². The molecule has 0 aromatic heterocycles. The monoisotopic (exact) mass is 185 g/mol. The quantitative estimate of drug-likeness (QED) is 0.602. The van der Waals surface area contributed by atoms with Gasteiger partial charge in [-0.05, 0) is 18.9 Å². The average Bonchev–Trinajstić information content (AvgIpc) is 2.52. The first-order chi connectivity index (χ1) is 6.22. The van der Waals surface area contributed by atoms with Crippen molar-refractivity contribution in [3.63, 3.8) is 0 Å².